The molecule has 1 aliphatic rings. The van der Waals surface area contributed by atoms with Gasteiger partial charge in [-0.2, -0.15) is 0 Å². The van der Waals surface area contributed by atoms with Gasteiger partial charge in [0.05, 0.1) is 12.6 Å². The zero-order valence-electron chi connectivity index (χ0n) is 25.4. The van der Waals surface area contributed by atoms with Gasteiger partial charge in [-0.1, -0.05) is 66.2 Å². The summed E-state index contributed by atoms with van der Waals surface area (Å²) in [7, 11) is 0. The molecular formula is C34H40ClN3O6. The number of hydrogen-bond donors (Lipinski definition) is 2. The first-order valence-corrected chi connectivity index (χ1v) is 15.1. The van der Waals surface area contributed by atoms with E-state index in [0.717, 1.165) is 17.5 Å². The van der Waals surface area contributed by atoms with Crippen molar-refractivity contribution in [1.29, 1.82) is 0 Å². The number of amides is 3. The predicted molar refractivity (Wildman–Crippen MR) is 169 cm³/mol. The number of rotatable bonds is 10. The van der Waals surface area contributed by atoms with Gasteiger partial charge in [-0.05, 0) is 81.0 Å². The van der Waals surface area contributed by atoms with Crippen LogP contribution in [0.5, 0.6) is 0 Å². The Morgan fingerprint density at radius 3 is 2.43 bits per heavy atom. The standard InChI is InChI=1S/C34H40ClN3O6/c1-34(2,3)44-32(41)37(22-30(39)26-11-7-12-27(35)21-26)20-18-24-14-16-28(17-15-24)36-31(40)29-13-8-19-38(29)33(42)43-23-25-9-5-4-6-10-25/h4-7,9-12,14-17,21,29-30,39H,8,13,18-20,22-23H2,1-3H3,(H,36,40)/t29-,30+/m1/s1. The molecule has 234 valence electrons. The number of anilines is 1. The zero-order chi connectivity index (χ0) is 31.7. The minimum atomic E-state index is -0.940. The highest BCUT2D eigenvalue weighted by Gasteiger charge is 2.35. The quantitative estimate of drug-likeness (QED) is 0.264. The molecule has 1 heterocycles. The summed E-state index contributed by atoms with van der Waals surface area (Å²) in [5.41, 5.74) is 2.33. The van der Waals surface area contributed by atoms with Gasteiger partial charge in [0.15, 0.2) is 0 Å². The van der Waals surface area contributed by atoms with Crippen molar-refractivity contribution in [1.82, 2.24) is 9.80 Å². The van der Waals surface area contributed by atoms with Crippen LogP contribution in [0, 0.1) is 0 Å². The maximum Gasteiger partial charge on any atom is 0.410 e. The van der Waals surface area contributed by atoms with Crippen molar-refractivity contribution in [2.45, 2.75) is 64.4 Å². The number of ether oxygens (including phenoxy) is 2. The van der Waals surface area contributed by atoms with Crippen LogP contribution < -0.4 is 5.32 Å². The fourth-order valence-electron chi connectivity index (χ4n) is 4.92. The molecule has 1 fully saturated rings. The molecule has 10 heteroatoms. The molecule has 2 N–H and O–H groups in total. The molecule has 1 saturated heterocycles. The normalized spacial score (nSPS) is 15.4. The van der Waals surface area contributed by atoms with Crippen LogP contribution in [0.15, 0.2) is 78.9 Å². The Bertz CT molecular complexity index is 1410. The SMILES string of the molecule is CC(C)(C)OC(=O)N(CCc1ccc(NC(=O)[C@H]2CCCN2C(=O)OCc2ccccc2)cc1)C[C@H](O)c1cccc(Cl)c1. The van der Waals surface area contributed by atoms with Crippen LogP contribution in [0.3, 0.4) is 0 Å². The summed E-state index contributed by atoms with van der Waals surface area (Å²) in [6.07, 6.45) is -0.185. The van der Waals surface area contributed by atoms with Crippen LogP contribution in [-0.2, 0) is 27.3 Å². The Labute approximate surface area is 263 Å². The highest BCUT2D eigenvalue weighted by atomic mass is 35.5. The lowest BCUT2D eigenvalue weighted by atomic mass is 10.1. The molecule has 9 nitrogen and oxygen atoms in total. The van der Waals surface area contributed by atoms with Crippen molar-refractivity contribution < 1.29 is 29.0 Å². The van der Waals surface area contributed by atoms with Gasteiger partial charge < -0.3 is 24.8 Å². The number of nitrogens with zero attached hydrogens (tertiary/aromatic N) is 2. The maximum atomic E-state index is 13.1. The van der Waals surface area contributed by atoms with E-state index in [1.807, 2.05) is 42.5 Å². The number of likely N-dealkylation sites (tertiary alicyclic amines) is 1. The van der Waals surface area contributed by atoms with Crippen LogP contribution >= 0.6 is 11.6 Å². The molecule has 3 aromatic carbocycles. The number of aliphatic hydroxyl groups excluding tert-OH is 1. The number of aliphatic hydroxyl groups is 1. The summed E-state index contributed by atoms with van der Waals surface area (Å²) in [5.74, 6) is -0.266. The van der Waals surface area contributed by atoms with Gasteiger partial charge in [0.25, 0.3) is 0 Å². The fraction of sp³-hybridized carbons (Fsp3) is 0.382. The molecule has 0 bridgehead atoms. The van der Waals surface area contributed by atoms with Crippen molar-refractivity contribution in [3.63, 3.8) is 0 Å². The lowest BCUT2D eigenvalue weighted by Gasteiger charge is -2.29. The van der Waals surface area contributed by atoms with E-state index in [9.17, 15) is 19.5 Å². The zero-order valence-corrected chi connectivity index (χ0v) is 26.1. The summed E-state index contributed by atoms with van der Waals surface area (Å²) in [4.78, 5) is 41.7. The summed E-state index contributed by atoms with van der Waals surface area (Å²) in [6, 6.07) is 23.0. The van der Waals surface area contributed by atoms with Crippen molar-refractivity contribution in [3.8, 4) is 0 Å². The molecule has 1 aliphatic heterocycles. The molecule has 4 rings (SSSR count). The Morgan fingerprint density at radius 2 is 1.75 bits per heavy atom. The van der Waals surface area contributed by atoms with Crippen LogP contribution in [0.4, 0.5) is 15.3 Å². The summed E-state index contributed by atoms with van der Waals surface area (Å²) in [6.45, 7) is 6.34. The number of carbonyl (C=O) groups excluding carboxylic acids is 3. The molecule has 0 unspecified atom stereocenters. The second-order valence-electron chi connectivity index (χ2n) is 11.8. The smallest absolute Gasteiger partial charge is 0.410 e. The number of hydrogen-bond acceptors (Lipinski definition) is 6. The molecule has 3 amide bonds. The first-order valence-electron chi connectivity index (χ1n) is 14.8. The van der Waals surface area contributed by atoms with Crippen molar-refractivity contribution >= 4 is 35.4 Å². The monoisotopic (exact) mass is 621 g/mol. The largest absolute Gasteiger partial charge is 0.445 e. The number of benzene rings is 3. The number of halogens is 1. The second-order valence-corrected chi connectivity index (χ2v) is 12.3. The number of carbonyl (C=O) groups is 3. The molecule has 0 spiro atoms. The van der Waals surface area contributed by atoms with Crippen molar-refractivity contribution in [2.24, 2.45) is 0 Å². The van der Waals surface area contributed by atoms with Crippen LogP contribution in [0.2, 0.25) is 5.02 Å². The molecule has 0 aliphatic carbocycles. The molecule has 3 aromatic rings. The third-order valence-corrected chi connectivity index (χ3v) is 7.40. The van der Waals surface area contributed by atoms with Crippen molar-refractivity contribution in [3.05, 3.63) is 101 Å². The first-order chi connectivity index (χ1) is 21.0. The van der Waals surface area contributed by atoms with E-state index in [-0.39, 0.29) is 19.1 Å². The summed E-state index contributed by atoms with van der Waals surface area (Å²) >= 11 is 6.09. The van der Waals surface area contributed by atoms with Crippen LogP contribution in [0.1, 0.15) is 56.4 Å². The van der Waals surface area contributed by atoms with E-state index in [1.54, 1.807) is 57.2 Å². The Balaban J connectivity index is 1.33. The van der Waals surface area contributed by atoms with Gasteiger partial charge in [-0.3, -0.25) is 9.69 Å². The summed E-state index contributed by atoms with van der Waals surface area (Å²) < 4.78 is 11.0. The average Bonchev–Trinajstić information content (AvgIpc) is 3.49. The van der Waals surface area contributed by atoms with Gasteiger partial charge in [-0.25, -0.2) is 9.59 Å². The molecule has 0 aromatic heterocycles. The molecule has 0 saturated carbocycles. The van der Waals surface area contributed by atoms with Gasteiger partial charge in [-0.15, -0.1) is 0 Å². The highest BCUT2D eigenvalue weighted by molar-refractivity contribution is 6.30. The number of nitrogens with one attached hydrogen (secondary N) is 1. The van der Waals surface area contributed by atoms with Gasteiger partial charge in [0, 0.05) is 23.8 Å². The Kier molecular flexibility index (Phi) is 11.3. The second kappa shape index (κ2) is 15.1. The van der Waals surface area contributed by atoms with Gasteiger partial charge in [0.2, 0.25) is 5.91 Å². The van der Waals surface area contributed by atoms with Gasteiger partial charge >= 0.3 is 12.2 Å². The van der Waals surface area contributed by atoms with E-state index in [1.165, 1.54) is 9.80 Å². The predicted octanol–water partition coefficient (Wildman–Crippen LogP) is 6.59. The van der Waals surface area contributed by atoms with Crippen molar-refractivity contribution in [2.75, 3.05) is 25.0 Å². The lowest BCUT2D eigenvalue weighted by molar-refractivity contribution is -0.120. The van der Waals surface area contributed by atoms with E-state index >= 15 is 0 Å². The molecule has 0 radical (unpaired) electrons. The Morgan fingerprint density at radius 1 is 1.02 bits per heavy atom. The van der Waals surface area contributed by atoms with Crippen LogP contribution in [-0.4, -0.2) is 64.3 Å². The molecule has 44 heavy (non-hydrogen) atoms. The average molecular weight is 622 g/mol. The minimum Gasteiger partial charge on any atom is -0.445 e. The van der Waals surface area contributed by atoms with E-state index in [0.29, 0.717) is 42.2 Å². The third-order valence-electron chi connectivity index (χ3n) is 7.17. The maximum absolute atomic E-state index is 13.1. The van der Waals surface area contributed by atoms with E-state index in [4.69, 9.17) is 21.1 Å². The molecule has 2 atom stereocenters. The first kappa shape index (κ1) is 32.8. The van der Waals surface area contributed by atoms with E-state index < -0.39 is 29.9 Å². The lowest BCUT2D eigenvalue weighted by Crippen LogP contribution is -2.43. The van der Waals surface area contributed by atoms with Gasteiger partial charge in [0.1, 0.15) is 18.2 Å². The Hall–Kier alpha value is -4.08. The van der Waals surface area contributed by atoms with Crippen LogP contribution in [0.25, 0.3) is 0 Å². The summed E-state index contributed by atoms with van der Waals surface area (Å²) in [5, 5.41) is 14.2. The molecular weight excluding hydrogens is 582 g/mol. The van der Waals surface area contributed by atoms with E-state index in [2.05, 4.69) is 5.32 Å². The fourth-order valence-corrected chi connectivity index (χ4v) is 5.11. The third kappa shape index (κ3) is 9.72. The highest BCUT2D eigenvalue weighted by Crippen LogP contribution is 2.23. The topological polar surface area (TPSA) is 108 Å². The minimum absolute atomic E-state index is 0.0368.